The normalized spacial score (nSPS) is 9.57. The van der Waals surface area contributed by atoms with Gasteiger partial charge in [0.2, 0.25) is 0 Å². The van der Waals surface area contributed by atoms with Crippen molar-refractivity contribution in [2.24, 2.45) is 5.90 Å². The molecule has 74 valence electrons. The minimum Gasteiger partial charge on any atom is -0.478 e. The van der Waals surface area contributed by atoms with Crippen molar-refractivity contribution in [1.29, 1.82) is 0 Å². The van der Waals surface area contributed by atoms with Crippen LogP contribution in [0.25, 0.3) is 0 Å². The van der Waals surface area contributed by atoms with Gasteiger partial charge in [-0.05, 0) is 19.1 Å². The van der Waals surface area contributed by atoms with E-state index >= 15 is 0 Å². The summed E-state index contributed by atoms with van der Waals surface area (Å²) in [7, 11) is 0. The van der Waals surface area contributed by atoms with Gasteiger partial charge in [-0.15, -0.1) is 0 Å². The van der Waals surface area contributed by atoms with Gasteiger partial charge in [-0.3, -0.25) is 4.79 Å². The molecule has 3 N–H and O–H groups in total. The second kappa shape index (κ2) is 3.89. The van der Waals surface area contributed by atoms with E-state index in [4.69, 9.17) is 11.0 Å². The molecule has 0 heterocycles. The number of benzene rings is 1. The number of carbonyl (C=O) groups is 2. The first-order valence-electron chi connectivity index (χ1n) is 3.82. The molecule has 0 aromatic heterocycles. The van der Waals surface area contributed by atoms with Crippen LogP contribution in [0.4, 0.5) is 0 Å². The van der Waals surface area contributed by atoms with Crippen LogP contribution in [-0.4, -0.2) is 16.9 Å². The lowest BCUT2D eigenvalue weighted by Crippen LogP contribution is -2.12. The minimum absolute atomic E-state index is 0.104. The second-order valence-corrected chi connectivity index (χ2v) is 2.66. The summed E-state index contributed by atoms with van der Waals surface area (Å²) in [4.78, 5) is 26.2. The maximum absolute atomic E-state index is 11.1. The third-order valence-corrected chi connectivity index (χ3v) is 1.74. The van der Waals surface area contributed by atoms with E-state index in [-0.39, 0.29) is 22.7 Å². The maximum Gasteiger partial charge on any atom is 0.339 e. The zero-order valence-corrected chi connectivity index (χ0v) is 7.48. The van der Waals surface area contributed by atoms with Crippen molar-refractivity contribution < 1.29 is 19.5 Å². The summed E-state index contributed by atoms with van der Waals surface area (Å²) in [5.74, 6) is 3.32. The number of carboxylic acids is 1. The first kappa shape index (κ1) is 10.2. The number of hydrogen-bond donors (Lipinski definition) is 2. The lowest BCUT2D eigenvalue weighted by atomic mass is 10.1. The molecule has 5 heteroatoms. The van der Waals surface area contributed by atoms with E-state index in [0.29, 0.717) is 0 Å². The molecule has 0 fully saturated rings. The Morgan fingerprint density at radius 1 is 1.36 bits per heavy atom. The average molecular weight is 195 g/mol. The Labute approximate surface area is 80.1 Å². The third-order valence-electron chi connectivity index (χ3n) is 1.74. The number of carbonyl (C=O) groups excluding carboxylic acids is 1. The monoisotopic (exact) mass is 195 g/mol. The van der Waals surface area contributed by atoms with Gasteiger partial charge in [-0.2, -0.15) is 5.90 Å². The van der Waals surface area contributed by atoms with Gasteiger partial charge in [0.25, 0.3) is 0 Å². The summed E-state index contributed by atoms with van der Waals surface area (Å²) in [5, 5.41) is 8.76. The lowest BCUT2D eigenvalue weighted by molar-refractivity contribution is 0.0692. The van der Waals surface area contributed by atoms with E-state index in [1.165, 1.54) is 25.1 Å². The molecule has 1 aromatic rings. The molecule has 0 radical (unpaired) electrons. The second-order valence-electron chi connectivity index (χ2n) is 2.66. The molecule has 0 spiro atoms. The highest BCUT2D eigenvalue weighted by Crippen LogP contribution is 2.23. The van der Waals surface area contributed by atoms with Gasteiger partial charge in [-0.25, -0.2) is 4.79 Å². The van der Waals surface area contributed by atoms with Gasteiger partial charge < -0.3 is 9.94 Å². The SMILES string of the molecule is CC(=O)c1cccc(C(=O)O)c1ON. The van der Waals surface area contributed by atoms with E-state index in [2.05, 4.69) is 4.84 Å². The van der Waals surface area contributed by atoms with E-state index < -0.39 is 5.97 Å². The van der Waals surface area contributed by atoms with E-state index in [1.54, 1.807) is 0 Å². The largest absolute Gasteiger partial charge is 0.478 e. The molecule has 0 aliphatic rings. The van der Waals surface area contributed by atoms with Gasteiger partial charge >= 0.3 is 5.97 Å². The van der Waals surface area contributed by atoms with Gasteiger partial charge in [-0.1, -0.05) is 6.07 Å². The van der Waals surface area contributed by atoms with E-state index in [9.17, 15) is 9.59 Å². The highest BCUT2D eigenvalue weighted by Gasteiger charge is 2.17. The van der Waals surface area contributed by atoms with Crippen molar-refractivity contribution in [3.63, 3.8) is 0 Å². The fourth-order valence-corrected chi connectivity index (χ4v) is 1.11. The first-order valence-corrected chi connectivity index (χ1v) is 3.82. The predicted octanol–water partition coefficient (Wildman–Crippen LogP) is 0.840. The van der Waals surface area contributed by atoms with Crippen LogP contribution in [-0.2, 0) is 0 Å². The summed E-state index contributed by atoms with van der Waals surface area (Å²) in [6.45, 7) is 1.31. The molecule has 5 nitrogen and oxygen atoms in total. The highest BCUT2D eigenvalue weighted by atomic mass is 16.6. The number of para-hydroxylation sites is 1. The maximum atomic E-state index is 11.1. The number of hydrogen-bond acceptors (Lipinski definition) is 4. The zero-order chi connectivity index (χ0) is 10.7. The molecule has 0 saturated heterocycles. The predicted molar refractivity (Wildman–Crippen MR) is 48.2 cm³/mol. The quantitative estimate of drug-likeness (QED) is 0.551. The van der Waals surface area contributed by atoms with Crippen LogP contribution < -0.4 is 10.7 Å². The number of ketones is 1. The Hall–Kier alpha value is -1.88. The standard InChI is InChI=1S/C9H9NO4/c1-5(11)6-3-2-4-7(9(12)13)8(6)14-10/h2-4H,10H2,1H3,(H,12,13). The van der Waals surface area contributed by atoms with E-state index in [0.717, 1.165) is 0 Å². The molecule has 1 rings (SSSR count). The van der Waals surface area contributed by atoms with Crippen molar-refractivity contribution in [1.82, 2.24) is 0 Å². The molecule has 0 bridgehead atoms. The molecule has 0 amide bonds. The molecule has 14 heavy (non-hydrogen) atoms. The van der Waals surface area contributed by atoms with Crippen LogP contribution in [0.5, 0.6) is 5.75 Å². The van der Waals surface area contributed by atoms with Crippen molar-refractivity contribution in [2.45, 2.75) is 6.92 Å². The average Bonchev–Trinajstić information content (AvgIpc) is 2.16. The van der Waals surface area contributed by atoms with Crippen LogP contribution in [0.15, 0.2) is 18.2 Å². The summed E-state index contributed by atoms with van der Waals surface area (Å²) in [6.07, 6.45) is 0. The molecule has 1 aromatic carbocycles. The summed E-state index contributed by atoms with van der Waals surface area (Å²) < 4.78 is 0. The number of nitrogens with two attached hydrogens (primary N) is 1. The number of carboxylic acid groups (broad SMARTS) is 1. The van der Waals surface area contributed by atoms with Crippen LogP contribution in [0.3, 0.4) is 0 Å². The Balaban J connectivity index is 3.39. The minimum atomic E-state index is -1.19. The topological polar surface area (TPSA) is 89.6 Å². The molecular weight excluding hydrogens is 186 g/mol. The Bertz CT molecular complexity index is 354. The van der Waals surface area contributed by atoms with Gasteiger partial charge in [0.05, 0.1) is 5.56 Å². The van der Waals surface area contributed by atoms with E-state index in [1.807, 2.05) is 0 Å². The van der Waals surface area contributed by atoms with Gasteiger partial charge in [0, 0.05) is 0 Å². The van der Waals surface area contributed by atoms with Crippen molar-refractivity contribution in [2.75, 3.05) is 0 Å². The number of aromatic carboxylic acids is 1. The highest BCUT2D eigenvalue weighted by molar-refractivity contribution is 6.01. The Morgan fingerprint density at radius 2 is 1.93 bits per heavy atom. The smallest absolute Gasteiger partial charge is 0.339 e. The number of Topliss-reactive ketones (excluding diaryl/α,β-unsaturated/α-hetero) is 1. The van der Waals surface area contributed by atoms with Gasteiger partial charge in [0.1, 0.15) is 5.56 Å². The lowest BCUT2D eigenvalue weighted by Gasteiger charge is -2.07. The molecule has 0 aliphatic heterocycles. The fraction of sp³-hybridized carbons (Fsp3) is 0.111. The van der Waals surface area contributed by atoms with Crippen LogP contribution in [0, 0.1) is 0 Å². The van der Waals surface area contributed by atoms with Crippen molar-refractivity contribution >= 4 is 11.8 Å². The molecular formula is C9H9NO4. The van der Waals surface area contributed by atoms with Crippen LogP contribution in [0.2, 0.25) is 0 Å². The summed E-state index contributed by atoms with van der Waals surface area (Å²) >= 11 is 0. The first-order chi connectivity index (χ1) is 6.57. The summed E-state index contributed by atoms with van der Waals surface area (Å²) in [5.41, 5.74) is 0.0348. The van der Waals surface area contributed by atoms with Crippen molar-refractivity contribution in [3.05, 3.63) is 29.3 Å². The molecule has 0 saturated carbocycles. The van der Waals surface area contributed by atoms with Crippen LogP contribution in [0.1, 0.15) is 27.6 Å². The Morgan fingerprint density at radius 3 is 2.36 bits per heavy atom. The third kappa shape index (κ3) is 1.72. The van der Waals surface area contributed by atoms with Crippen molar-refractivity contribution in [3.8, 4) is 5.75 Å². The molecule has 0 aliphatic carbocycles. The zero-order valence-electron chi connectivity index (χ0n) is 7.48. The fourth-order valence-electron chi connectivity index (χ4n) is 1.11. The summed E-state index contributed by atoms with van der Waals surface area (Å²) in [6, 6.07) is 4.23. The van der Waals surface area contributed by atoms with Gasteiger partial charge in [0.15, 0.2) is 11.5 Å². The van der Waals surface area contributed by atoms with Crippen LogP contribution >= 0.6 is 0 Å². The molecule has 0 unspecified atom stereocenters. The number of rotatable bonds is 3. The molecule has 0 atom stereocenters. The Kier molecular flexibility index (Phi) is 2.83.